The number of likely N-dealkylation sites (tertiary alicyclic amines) is 1. The Morgan fingerprint density at radius 1 is 0.914 bits per heavy atom. The van der Waals surface area contributed by atoms with Crippen LogP contribution >= 0.6 is 0 Å². The van der Waals surface area contributed by atoms with Gasteiger partial charge >= 0.3 is 0 Å². The van der Waals surface area contributed by atoms with Crippen LogP contribution in [-0.2, 0) is 9.59 Å². The number of fused-ring (bicyclic) bond motifs is 5. The second-order valence-corrected chi connectivity index (χ2v) is 9.84. The number of carbonyl (C=O) groups excluding carboxylic acids is 3. The third-order valence-electron chi connectivity index (χ3n) is 8.07. The number of benzene rings is 2. The van der Waals surface area contributed by atoms with Crippen LogP contribution in [0.25, 0.3) is 6.08 Å². The first-order chi connectivity index (χ1) is 17.0. The number of nitro benzene ring substituents is 1. The third-order valence-corrected chi connectivity index (χ3v) is 8.07. The van der Waals surface area contributed by atoms with Crippen molar-refractivity contribution in [1.82, 2.24) is 9.80 Å². The number of imide groups is 1. The molecular weight excluding hydrogens is 446 g/mol. The molecule has 1 aliphatic carbocycles. The number of hydrogen-bond donors (Lipinski definition) is 0. The van der Waals surface area contributed by atoms with Crippen LogP contribution in [0.3, 0.4) is 0 Å². The van der Waals surface area contributed by atoms with E-state index in [-0.39, 0.29) is 29.3 Å². The van der Waals surface area contributed by atoms with Crippen LogP contribution in [0.2, 0.25) is 0 Å². The van der Waals surface area contributed by atoms with Gasteiger partial charge in [0, 0.05) is 29.9 Å². The summed E-state index contributed by atoms with van der Waals surface area (Å²) in [7, 11) is 0. The van der Waals surface area contributed by atoms with E-state index in [1.807, 2.05) is 41.4 Å². The SMILES string of the molecule is O=C(c1ccc([N+](=O)[O-])cc1)[C@@H]1[C@H]2C(=O)N(C3CCCCC3)C(=O)[C@H]2[C@H]2c3ccccc3C=CN12. The lowest BCUT2D eigenvalue weighted by Crippen LogP contribution is -2.47. The van der Waals surface area contributed by atoms with E-state index in [0.29, 0.717) is 5.56 Å². The molecule has 178 valence electrons. The van der Waals surface area contributed by atoms with E-state index in [2.05, 4.69) is 0 Å². The summed E-state index contributed by atoms with van der Waals surface area (Å²) in [4.78, 5) is 55.5. The van der Waals surface area contributed by atoms with Crippen LogP contribution in [0, 0.1) is 22.0 Å². The molecule has 6 rings (SSSR count). The molecule has 4 atom stereocenters. The van der Waals surface area contributed by atoms with E-state index in [1.54, 1.807) is 0 Å². The summed E-state index contributed by atoms with van der Waals surface area (Å²) in [6, 6.07) is 11.9. The summed E-state index contributed by atoms with van der Waals surface area (Å²) in [5.41, 5.74) is 2.11. The summed E-state index contributed by atoms with van der Waals surface area (Å²) >= 11 is 0. The highest BCUT2D eigenvalue weighted by Crippen LogP contribution is 2.53. The molecule has 0 unspecified atom stereocenters. The fourth-order valence-corrected chi connectivity index (χ4v) is 6.50. The van der Waals surface area contributed by atoms with Gasteiger partial charge < -0.3 is 4.90 Å². The predicted molar refractivity (Wildman–Crippen MR) is 127 cm³/mol. The van der Waals surface area contributed by atoms with Gasteiger partial charge in [0.1, 0.15) is 6.04 Å². The van der Waals surface area contributed by atoms with Gasteiger partial charge in [0.25, 0.3) is 5.69 Å². The van der Waals surface area contributed by atoms with Gasteiger partial charge in [0.2, 0.25) is 11.8 Å². The molecule has 3 heterocycles. The monoisotopic (exact) mass is 471 g/mol. The molecule has 2 amide bonds. The van der Waals surface area contributed by atoms with Gasteiger partial charge in [-0.15, -0.1) is 0 Å². The molecular formula is C27H25N3O5. The van der Waals surface area contributed by atoms with Gasteiger partial charge in [-0.25, -0.2) is 0 Å². The molecule has 0 radical (unpaired) electrons. The van der Waals surface area contributed by atoms with Gasteiger partial charge in [0.05, 0.1) is 22.8 Å². The molecule has 1 saturated carbocycles. The molecule has 0 N–H and O–H groups in total. The zero-order chi connectivity index (χ0) is 24.3. The van der Waals surface area contributed by atoms with Crippen LogP contribution in [0.15, 0.2) is 54.7 Å². The second kappa shape index (κ2) is 8.15. The first-order valence-corrected chi connectivity index (χ1v) is 12.2. The Hall–Kier alpha value is -3.81. The minimum absolute atomic E-state index is 0.104. The van der Waals surface area contributed by atoms with E-state index in [0.717, 1.165) is 43.2 Å². The number of nitrogens with zero attached hydrogens (tertiary/aromatic N) is 3. The largest absolute Gasteiger partial charge is 0.358 e. The zero-order valence-electron chi connectivity index (χ0n) is 19.1. The first kappa shape index (κ1) is 21.7. The lowest BCUT2D eigenvalue weighted by atomic mass is 9.83. The lowest BCUT2D eigenvalue weighted by molar-refractivity contribution is -0.384. The van der Waals surface area contributed by atoms with E-state index in [9.17, 15) is 24.5 Å². The van der Waals surface area contributed by atoms with Gasteiger partial charge in [-0.05, 0) is 42.2 Å². The topological polar surface area (TPSA) is 101 Å². The molecule has 35 heavy (non-hydrogen) atoms. The van der Waals surface area contributed by atoms with Gasteiger partial charge in [0.15, 0.2) is 5.78 Å². The molecule has 2 aromatic rings. The Balaban J connectivity index is 1.43. The quantitative estimate of drug-likeness (QED) is 0.288. The maximum absolute atomic E-state index is 13.9. The number of ketones is 1. The first-order valence-electron chi connectivity index (χ1n) is 12.2. The van der Waals surface area contributed by atoms with E-state index in [1.165, 1.54) is 29.2 Å². The van der Waals surface area contributed by atoms with Crippen molar-refractivity contribution in [3.05, 3.63) is 81.5 Å². The van der Waals surface area contributed by atoms with Gasteiger partial charge in [-0.1, -0.05) is 43.5 Å². The number of hydrogen-bond acceptors (Lipinski definition) is 6. The molecule has 8 heteroatoms. The van der Waals surface area contributed by atoms with Crippen molar-refractivity contribution < 1.29 is 19.3 Å². The molecule has 3 aliphatic heterocycles. The third kappa shape index (κ3) is 3.23. The highest BCUT2D eigenvalue weighted by atomic mass is 16.6. The number of rotatable bonds is 4. The van der Waals surface area contributed by atoms with E-state index >= 15 is 0 Å². The Morgan fingerprint density at radius 3 is 2.31 bits per heavy atom. The number of amides is 2. The van der Waals surface area contributed by atoms with Crippen molar-refractivity contribution >= 4 is 29.4 Å². The summed E-state index contributed by atoms with van der Waals surface area (Å²) in [6.07, 6.45) is 8.44. The number of non-ortho nitro benzene ring substituents is 1. The average molecular weight is 472 g/mol. The Kier molecular flexibility index (Phi) is 5.05. The minimum Gasteiger partial charge on any atom is -0.358 e. The molecule has 8 nitrogen and oxygen atoms in total. The van der Waals surface area contributed by atoms with Crippen molar-refractivity contribution in [2.75, 3.05) is 0 Å². The Labute approximate surface area is 202 Å². The Bertz CT molecular complexity index is 1260. The zero-order valence-corrected chi connectivity index (χ0v) is 19.1. The molecule has 4 aliphatic rings. The number of Topliss-reactive ketones (excluding diaryl/α,β-unsaturated/α-hetero) is 1. The Morgan fingerprint density at radius 2 is 1.60 bits per heavy atom. The highest BCUT2D eigenvalue weighted by Gasteiger charge is 2.65. The fraction of sp³-hybridized carbons (Fsp3) is 0.370. The van der Waals surface area contributed by atoms with Crippen LogP contribution in [0.4, 0.5) is 5.69 Å². The number of nitro groups is 1. The predicted octanol–water partition coefficient (Wildman–Crippen LogP) is 4.12. The smallest absolute Gasteiger partial charge is 0.269 e. The standard InChI is InChI=1S/C27H25N3O5/c31-25(17-10-12-19(13-11-17)30(34)35)24-22-21(23-20-9-5-4-6-16(20)14-15-28(23)24)26(32)29(27(22)33)18-7-2-1-3-8-18/h4-6,9-15,18,21-24H,1-3,7-8H2/t21-,22+,23-,24+/m1/s1. The summed E-state index contributed by atoms with van der Waals surface area (Å²) in [6.45, 7) is 0. The lowest BCUT2D eigenvalue weighted by Gasteiger charge is -2.37. The summed E-state index contributed by atoms with van der Waals surface area (Å²) < 4.78 is 0. The van der Waals surface area contributed by atoms with Crippen molar-refractivity contribution in [3.8, 4) is 0 Å². The normalized spacial score (nSPS) is 27.5. The van der Waals surface area contributed by atoms with E-state index in [4.69, 9.17) is 0 Å². The molecule has 0 bridgehead atoms. The van der Waals surface area contributed by atoms with Crippen LogP contribution < -0.4 is 0 Å². The fourth-order valence-electron chi connectivity index (χ4n) is 6.50. The molecule has 0 spiro atoms. The average Bonchev–Trinajstić information content (AvgIpc) is 3.36. The second-order valence-electron chi connectivity index (χ2n) is 9.84. The summed E-state index contributed by atoms with van der Waals surface area (Å²) in [5.74, 6) is -2.15. The molecule has 2 saturated heterocycles. The highest BCUT2D eigenvalue weighted by molar-refractivity contribution is 6.12. The molecule has 3 fully saturated rings. The van der Waals surface area contributed by atoms with Gasteiger partial charge in [-0.2, -0.15) is 0 Å². The molecule has 0 aromatic heterocycles. The molecule has 2 aromatic carbocycles. The van der Waals surface area contributed by atoms with Crippen LogP contribution in [-0.4, -0.2) is 44.4 Å². The van der Waals surface area contributed by atoms with Crippen molar-refractivity contribution in [2.24, 2.45) is 11.8 Å². The van der Waals surface area contributed by atoms with Crippen LogP contribution in [0.5, 0.6) is 0 Å². The maximum Gasteiger partial charge on any atom is 0.269 e. The van der Waals surface area contributed by atoms with Crippen molar-refractivity contribution in [1.29, 1.82) is 0 Å². The number of carbonyl (C=O) groups is 3. The summed E-state index contributed by atoms with van der Waals surface area (Å²) in [5, 5.41) is 11.1. The van der Waals surface area contributed by atoms with Crippen molar-refractivity contribution in [2.45, 2.75) is 50.2 Å². The van der Waals surface area contributed by atoms with Gasteiger partial charge in [-0.3, -0.25) is 29.4 Å². The minimum atomic E-state index is -0.846. The maximum atomic E-state index is 13.9. The van der Waals surface area contributed by atoms with Crippen molar-refractivity contribution in [3.63, 3.8) is 0 Å². The van der Waals surface area contributed by atoms with Crippen LogP contribution in [0.1, 0.15) is 59.6 Å². The van der Waals surface area contributed by atoms with E-state index < -0.39 is 28.8 Å².